The number of nitrogens with zero attached hydrogens (tertiary/aromatic N) is 8. The van der Waals surface area contributed by atoms with Crippen molar-refractivity contribution >= 4 is 11.4 Å². The van der Waals surface area contributed by atoms with E-state index in [-0.39, 0.29) is 51.6 Å². The van der Waals surface area contributed by atoms with Crippen LogP contribution in [0.15, 0.2) is 12.4 Å². The molecule has 2 heterocycles. The van der Waals surface area contributed by atoms with Gasteiger partial charge in [-0.15, -0.1) is 13.2 Å². The number of aromatic nitrogens is 4. The quantitative estimate of drug-likeness (QED) is 0.337. The Kier molecular flexibility index (Phi) is 4.91. The highest BCUT2D eigenvalue weighted by Crippen LogP contribution is 2.38. The maximum Gasteiger partial charge on any atom is 0.574 e. The third kappa shape index (κ3) is 3.29. The molecule has 2 aromatic heterocycles. The highest BCUT2D eigenvalue weighted by Gasteiger charge is 2.36. The van der Waals surface area contributed by atoms with Crippen LogP contribution >= 0.6 is 0 Å². The first kappa shape index (κ1) is 22.5. The van der Waals surface area contributed by atoms with Gasteiger partial charge in [0.05, 0.1) is 59.9 Å². The number of benzene rings is 1. The smallest absolute Gasteiger partial charge is 0.386 e. The minimum Gasteiger partial charge on any atom is -0.386 e. The molecule has 36 heavy (non-hydrogen) atoms. The average Bonchev–Trinajstić information content (AvgIpc) is 3.38. The van der Waals surface area contributed by atoms with Gasteiger partial charge in [0.1, 0.15) is 0 Å². The molecule has 2 aliphatic rings. The van der Waals surface area contributed by atoms with E-state index < -0.39 is 12.2 Å². The van der Waals surface area contributed by atoms with Crippen LogP contribution in [0.2, 0.25) is 0 Å². The van der Waals surface area contributed by atoms with Crippen molar-refractivity contribution in [3.05, 3.63) is 73.9 Å². The normalized spacial score (nSPS) is 14.1. The van der Waals surface area contributed by atoms with Crippen LogP contribution < -0.4 is 15.2 Å². The molecule has 5 rings (SSSR count). The Bertz CT molecular complexity index is 1780. The Balaban J connectivity index is 2.04. The van der Waals surface area contributed by atoms with Crippen LogP contribution in [0, 0.1) is 42.7 Å². The monoisotopic (exact) mass is 482 g/mol. The van der Waals surface area contributed by atoms with Crippen LogP contribution in [0.4, 0.5) is 13.2 Å². The van der Waals surface area contributed by atoms with Gasteiger partial charge >= 0.3 is 6.36 Å². The lowest BCUT2D eigenvalue weighted by molar-refractivity contribution is -0.276. The first-order valence-electron chi connectivity index (χ1n) is 10.2. The fourth-order valence-electron chi connectivity index (χ4n) is 4.59. The molecule has 0 saturated carbocycles. The third-order valence-corrected chi connectivity index (χ3v) is 5.79. The molecule has 0 unspecified atom stereocenters. The van der Waals surface area contributed by atoms with Crippen molar-refractivity contribution in [2.45, 2.75) is 26.1 Å². The second-order valence-corrected chi connectivity index (χ2v) is 7.81. The van der Waals surface area contributed by atoms with E-state index in [0.717, 1.165) is 6.20 Å². The van der Waals surface area contributed by atoms with Crippen molar-refractivity contribution in [2.24, 2.45) is 0 Å². The summed E-state index contributed by atoms with van der Waals surface area (Å²) >= 11 is 0. The van der Waals surface area contributed by atoms with Gasteiger partial charge in [-0.05, 0) is 18.1 Å². The third-order valence-electron chi connectivity index (χ3n) is 5.79. The molecule has 0 spiro atoms. The molecular formula is C24H9F3N8O. The molecule has 0 radical (unpaired) electrons. The second-order valence-electron chi connectivity index (χ2n) is 7.81. The van der Waals surface area contributed by atoms with Crippen LogP contribution in [0.3, 0.4) is 0 Å². The van der Waals surface area contributed by atoms with Crippen molar-refractivity contribution in [3.63, 3.8) is 0 Å². The fourth-order valence-corrected chi connectivity index (χ4v) is 4.59. The van der Waals surface area contributed by atoms with E-state index >= 15 is 0 Å². The van der Waals surface area contributed by atoms with Gasteiger partial charge in [0, 0.05) is 40.6 Å². The first-order valence-corrected chi connectivity index (χ1v) is 10.2. The van der Waals surface area contributed by atoms with Crippen molar-refractivity contribution in [2.75, 3.05) is 0 Å². The van der Waals surface area contributed by atoms with Gasteiger partial charge in [-0.1, -0.05) is 0 Å². The Morgan fingerprint density at radius 3 is 1.97 bits per heavy atom. The number of ether oxygens (including phenoxy) is 1. The molecule has 0 atom stereocenters. The molecular weight excluding hydrogens is 473 g/mol. The number of rotatable bonds is 1. The van der Waals surface area contributed by atoms with E-state index in [1.807, 2.05) is 12.1 Å². The molecule has 0 saturated heterocycles. The Labute approximate surface area is 200 Å². The highest BCUT2D eigenvalue weighted by atomic mass is 19.4. The topological polar surface area (TPSA) is 117 Å². The van der Waals surface area contributed by atoms with Gasteiger partial charge in [0.15, 0.2) is 0 Å². The maximum atomic E-state index is 12.9. The van der Waals surface area contributed by atoms with E-state index in [1.54, 1.807) is 13.1 Å². The Morgan fingerprint density at radius 1 is 0.917 bits per heavy atom. The molecule has 0 N–H and O–H groups in total. The average molecular weight is 482 g/mol. The zero-order valence-electron chi connectivity index (χ0n) is 18.2. The van der Waals surface area contributed by atoms with Gasteiger partial charge in [-0.2, -0.15) is 0 Å². The van der Waals surface area contributed by atoms with E-state index in [2.05, 4.69) is 34.4 Å². The minimum atomic E-state index is -5.02. The summed E-state index contributed by atoms with van der Waals surface area (Å²) in [6.45, 7) is 16.9. The summed E-state index contributed by atoms with van der Waals surface area (Å²) in [5, 5.41) is 19.9. The summed E-state index contributed by atoms with van der Waals surface area (Å²) in [5.74, 6) is -0.825. The van der Waals surface area contributed by atoms with Crippen LogP contribution in [-0.2, 0) is 12.8 Å². The number of aryl methyl sites for hydroxylation is 1. The molecule has 172 valence electrons. The van der Waals surface area contributed by atoms with Gasteiger partial charge < -0.3 is 4.74 Å². The zero-order chi connectivity index (χ0) is 25.8. The Morgan fingerprint density at radius 2 is 1.44 bits per heavy atom. The Hall–Kier alpha value is -5.33. The lowest BCUT2D eigenvalue weighted by Crippen LogP contribution is -2.26. The predicted octanol–water partition coefficient (Wildman–Crippen LogP) is 2.72. The first-order chi connectivity index (χ1) is 17.2. The summed E-state index contributed by atoms with van der Waals surface area (Å²) < 4.78 is 42.6. The van der Waals surface area contributed by atoms with Crippen LogP contribution in [0.25, 0.3) is 43.6 Å². The SMILES string of the molecule is [C-]#[N+]/C(C#N)=c1\c2c(/c(=C(/C#N)[N+]#[C-])c3c1Cc1ncc(OC(F)(F)F)nc1-3)-c1nc(C)cnc1C2. The highest BCUT2D eigenvalue weighted by molar-refractivity contribution is 5.90. The molecule has 0 fully saturated rings. The maximum absolute atomic E-state index is 12.9. The molecule has 1 aromatic carbocycles. The number of alkyl halides is 3. The number of hydrogen-bond donors (Lipinski definition) is 0. The summed E-state index contributed by atoms with van der Waals surface area (Å²) in [7, 11) is 0. The van der Waals surface area contributed by atoms with Crippen LogP contribution in [0.1, 0.15) is 28.2 Å². The van der Waals surface area contributed by atoms with Crippen molar-refractivity contribution in [3.8, 4) is 40.5 Å². The number of hydrogen-bond acceptors (Lipinski definition) is 7. The summed E-state index contributed by atoms with van der Waals surface area (Å²) in [5.41, 5.74) is 2.41. The number of halogens is 3. The zero-order valence-corrected chi connectivity index (χ0v) is 18.2. The minimum absolute atomic E-state index is 0.0210. The molecule has 9 nitrogen and oxygen atoms in total. The molecule has 2 aliphatic carbocycles. The molecule has 3 aromatic rings. The second kappa shape index (κ2) is 7.87. The van der Waals surface area contributed by atoms with Crippen molar-refractivity contribution < 1.29 is 17.9 Å². The van der Waals surface area contributed by atoms with Crippen molar-refractivity contribution in [1.29, 1.82) is 10.5 Å². The molecule has 0 amide bonds. The number of nitriles is 2. The van der Waals surface area contributed by atoms with Crippen molar-refractivity contribution in [1.82, 2.24) is 19.9 Å². The summed E-state index contributed by atoms with van der Waals surface area (Å²) in [6, 6.07) is 3.74. The largest absolute Gasteiger partial charge is 0.574 e. The van der Waals surface area contributed by atoms with E-state index in [0.29, 0.717) is 33.8 Å². The summed E-state index contributed by atoms with van der Waals surface area (Å²) in [4.78, 5) is 23.8. The number of fused-ring (bicyclic) bond motifs is 6. The predicted molar refractivity (Wildman–Crippen MR) is 116 cm³/mol. The van der Waals surface area contributed by atoms with Crippen LogP contribution in [0.5, 0.6) is 5.88 Å². The molecule has 0 aliphatic heterocycles. The lowest BCUT2D eigenvalue weighted by Gasteiger charge is -2.13. The van der Waals surface area contributed by atoms with E-state index in [4.69, 9.17) is 13.1 Å². The standard InChI is InChI=1S/C24H9F3N8O/c1-10-8-32-13-4-11-18(15(6-28)30-2)12-5-14-23(35-17(9-33-14)36-24(25,26)27)20(12)21(16(7-29)31-3)19(11)22(13)34-10/h8-9H,4-5H2,1H3/b18-15+,21-16+. The molecule has 12 heteroatoms. The summed E-state index contributed by atoms with van der Waals surface area (Å²) in [6.07, 6.45) is -2.44. The van der Waals surface area contributed by atoms with E-state index in [1.165, 1.54) is 0 Å². The van der Waals surface area contributed by atoms with E-state index in [9.17, 15) is 23.7 Å². The van der Waals surface area contributed by atoms with Gasteiger partial charge in [0.2, 0.25) is 5.88 Å². The van der Waals surface area contributed by atoms with Crippen LogP contribution in [-0.4, -0.2) is 26.3 Å². The van der Waals surface area contributed by atoms with Gasteiger partial charge in [0.25, 0.3) is 11.4 Å². The van der Waals surface area contributed by atoms with Gasteiger partial charge in [-0.25, -0.2) is 30.2 Å². The van der Waals surface area contributed by atoms with Gasteiger partial charge in [-0.3, -0.25) is 9.97 Å². The molecule has 0 bridgehead atoms. The lowest BCUT2D eigenvalue weighted by atomic mass is 9.92. The fraction of sp³-hybridized carbons (Fsp3) is 0.167.